The van der Waals surface area contributed by atoms with Gasteiger partial charge in [-0.3, -0.25) is 19.8 Å². The van der Waals surface area contributed by atoms with E-state index in [2.05, 4.69) is 63.6 Å². The Hall–Kier alpha value is -4.11. The molecule has 0 aromatic heterocycles. The number of amides is 1. The third-order valence-electron chi connectivity index (χ3n) is 7.95. The number of methoxy groups -OCH3 is 1. The van der Waals surface area contributed by atoms with E-state index in [1.54, 1.807) is 12.1 Å². The summed E-state index contributed by atoms with van der Waals surface area (Å²) in [4.78, 5) is 30.4. The van der Waals surface area contributed by atoms with E-state index in [9.17, 15) is 14.9 Å². The van der Waals surface area contributed by atoms with Crippen LogP contribution in [-0.2, 0) is 4.79 Å². The van der Waals surface area contributed by atoms with Crippen molar-refractivity contribution in [2.45, 2.75) is 32.7 Å². The minimum Gasteiger partial charge on any atom is -0.490 e. The lowest BCUT2D eigenvalue weighted by atomic mass is 10.0. The summed E-state index contributed by atoms with van der Waals surface area (Å²) in [5.41, 5.74) is 4.45. The molecule has 2 fully saturated rings. The number of nitro benzene ring substituents is 1. The Balaban J connectivity index is 0.00000387. The van der Waals surface area contributed by atoms with Crippen LogP contribution in [0.5, 0.6) is 5.75 Å². The van der Waals surface area contributed by atoms with E-state index in [4.69, 9.17) is 4.74 Å². The fourth-order valence-electron chi connectivity index (χ4n) is 5.56. The summed E-state index contributed by atoms with van der Waals surface area (Å²) in [7, 11) is 1.43. The maximum absolute atomic E-state index is 12.9. The average Bonchev–Trinajstić information content (AvgIpc) is 3.01. The van der Waals surface area contributed by atoms with E-state index in [1.165, 1.54) is 30.0 Å². The van der Waals surface area contributed by atoms with Gasteiger partial charge in [0.15, 0.2) is 5.75 Å². The number of likely N-dealkylation sites (tertiary alicyclic amines) is 1. The summed E-state index contributed by atoms with van der Waals surface area (Å²) in [6, 6.07) is 24.3. The lowest BCUT2D eigenvalue weighted by Gasteiger charge is -2.37. The molecule has 0 atom stereocenters. The Morgan fingerprint density at radius 1 is 0.927 bits per heavy atom. The highest BCUT2D eigenvalue weighted by Crippen LogP contribution is 2.31. The molecule has 0 saturated carbocycles. The van der Waals surface area contributed by atoms with E-state index in [0.717, 1.165) is 51.3 Å². The molecule has 0 bridgehead atoms. The van der Waals surface area contributed by atoms with Gasteiger partial charge in [-0.1, -0.05) is 49.9 Å². The van der Waals surface area contributed by atoms with Crippen molar-refractivity contribution in [3.05, 3.63) is 82.9 Å². The molecule has 0 unspecified atom stereocenters. The molecule has 9 heteroatoms. The lowest BCUT2D eigenvalue weighted by Crippen LogP contribution is -2.48. The van der Waals surface area contributed by atoms with Crippen molar-refractivity contribution in [2.24, 2.45) is 0 Å². The number of piperazine rings is 1. The maximum Gasteiger partial charge on any atom is 0.311 e. The van der Waals surface area contributed by atoms with Gasteiger partial charge in [0.05, 0.1) is 12.0 Å². The van der Waals surface area contributed by atoms with Crippen molar-refractivity contribution in [1.82, 2.24) is 9.80 Å². The first kappa shape index (κ1) is 29.9. The average molecular weight is 560 g/mol. The minimum atomic E-state index is -0.447. The molecule has 2 heterocycles. The van der Waals surface area contributed by atoms with Crippen molar-refractivity contribution in [3.63, 3.8) is 0 Å². The number of rotatable bonds is 9. The monoisotopic (exact) mass is 559 g/mol. The Bertz CT molecular complexity index is 1290. The third-order valence-corrected chi connectivity index (χ3v) is 7.95. The number of carbonyl (C=O) groups excluding carboxylic acids is 1. The van der Waals surface area contributed by atoms with E-state index in [1.807, 2.05) is 11.0 Å². The molecule has 1 amide bonds. The molecule has 2 aliphatic rings. The number of anilines is 2. The van der Waals surface area contributed by atoms with Gasteiger partial charge in [0.25, 0.3) is 0 Å². The Morgan fingerprint density at radius 3 is 2.22 bits per heavy atom. The van der Waals surface area contributed by atoms with Gasteiger partial charge < -0.3 is 19.9 Å². The number of nitro groups is 1. The Morgan fingerprint density at radius 2 is 1.59 bits per heavy atom. The molecular formula is C32H41N5O4. The molecule has 218 valence electrons. The number of piperidine rings is 1. The number of nitrogens with zero attached hydrogens (tertiary/aromatic N) is 4. The van der Waals surface area contributed by atoms with Gasteiger partial charge in [-0.2, -0.15) is 0 Å². The largest absolute Gasteiger partial charge is 0.490 e. The Labute approximate surface area is 242 Å². The number of hydrogen-bond acceptors (Lipinski definition) is 7. The molecule has 0 spiro atoms. The van der Waals surface area contributed by atoms with Crippen molar-refractivity contribution in [3.8, 4) is 16.9 Å². The molecule has 3 aromatic carbocycles. The van der Waals surface area contributed by atoms with Crippen LogP contribution in [-0.4, -0.2) is 79.6 Å². The number of carbonyl (C=O) groups is 1. The summed E-state index contributed by atoms with van der Waals surface area (Å²) in [5, 5.41) is 14.6. The molecule has 5 rings (SSSR count). The smallest absolute Gasteiger partial charge is 0.311 e. The summed E-state index contributed by atoms with van der Waals surface area (Å²) in [6.45, 7) is 6.06. The first-order valence-corrected chi connectivity index (χ1v) is 14.0. The summed E-state index contributed by atoms with van der Waals surface area (Å²) in [6.07, 6.45) is 2.23. The quantitative estimate of drug-likeness (QED) is 0.273. The number of benzene rings is 3. The van der Waals surface area contributed by atoms with Gasteiger partial charge in [-0.15, -0.1) is 0 Å². The van der Waals surface area contributed by atoms with Crippen LogP contribution in [0.3, 0.4) is 0 Å². The van der Waals surface area contributed by atoms with Crippen molar-refractivity contribution in [1.29, 1.82) is 0 Å². The highest BCUT2D eigenvalue weighted by Gasteiger charge is 2.25. The minimum absolute atomic E-state index is 0. The maximum atomic E-state index is 12.9. The zero-order chi connectivity index (χ0) is 27.9. The second-order valence-electron chi connectivity index (χ2n) is 10.4. The summed E-state index contributed by atoms with van der Waals surface area (Å²) >= 11 is 0. The predicted molar refractivity (Wildman–Crippen MR) is 165 cm³/mol. The van der Waals surface area contributed by atoms with Crippen LogP contribution in [0.25, 0.3) is 11.1 Å². The third kappa shape index (κ3) is 7.55. The molecule has 0 aliphatic carbocycles. The number of ether oxygens (including phenoxy) is 1. The van der Waals surface area contributed by atoms with Gasteiger partial charge in [0, 0.05) is 81.8 Å². The van der Waals surface area contributed by atoms with Crippen molar-refractivity contribution in [2.75, 3.05) is 63.1 Å². The molecule has 1 N–H and O–H groups in total. The van der Waals surface area contributed by atoms with E-state index < -0.39 is 4.92 Å². The Kier molecular flexibility index (Phi) is 10.2. The molecule has 9 nitrogen and oxygen atoms in total. The van der Waals surface area contributed by atoms with E-state index in [-0.39, 0.29) is 30.8 Å². The van der Waals surface area contributed by atoms with Crippen molar-refractivity contribution >= 4 is 23.0 Å². The summed E-state index contributed by atoms with van der Waals surface area (Å²) in [5.74, 6) is 0.457. The fourth-order valence-corrected chi connectivity index (χ4v) is 5.56. The SMILES string of the molecule is C.COc1cc(NC2CCN(C(=O)CCN3CCN(c4ccc(-c5ccccc5)cc4)CC3)CC2)ccc1[N+](=O)[O-]. The molecule has 3 aromatic rings. The van der Waals surface area contributed by atoms with Crippen LogP contribution >= 0.6 is 0 Å². The van der Waals surface area contributed by atoms with Crippen LogP contribution in [0, 0.1) is 10.1 Å². The van der Waals surface area contributed by atoms with Crippen LogP contribution in [0.2, 0.25) is 0 Å². The van der Waals surface area contributed by atoms with Gasteiger partial charge in [-0.25, -0.2) is 0 Å². The zero-order valence-corrected chi connectivity index (χ0v) is 23.0. The first-order chi connectivity index (χ1) is 19.5. The molecule has 2 saturated heterocycles. The van der Waals surface area contributed by atoms with Gasteiger partial charge in [0.2, 0.25) is 5.91 Å². The highest BCUT2D eigenvalue weighted by atomic mass is 16.6. The molecular weight excluding hydrogens is 518 g/mol. The number of nitrogens with one attached hydrogen (secondary N) is 1. The standard InChI is InChI=1S/C31H37N5O4.CH4/c1-40-30-23-27(9-12-29(30)36(38)39)32-26-13-17-35(18-14-26)31(37)15-16-33-19-21-34(22-20-33)28-10-7-25(8-11-28)24-5-3-2-4-6-24;/h2-12,23,26,32H,13-22H2,1H3;1H4. The van der Waals surface area contributed by atoms with E-state index in [0.29, 0.717) is 19.5 Å². The first-order valence-electron chi connectivity index (χ1n) is 14.0. The molecule has 2 aliphatic heterocycles. The van der Waals surface area contributed by atoms with Gasteiger partial charge in [-0.05, 0) is 42.2 Å². The second-order valence-corrected chi connectivity index (χ2v) is 10.4. The lowest BCUT2D eigenvalue weighted by molar-refractivity contribution is -0.385. The predicted octanol–water partition coefficient (Wildman–Crippen LogP) is 5.52. The van der Waals surface area contributed by atoms with Gasteiger partial charge in [0.1, 0.15) is 0 Å². The zero-order valence-electron chi connectivity index (χ0n) is 23.0. The summed E-state index contributed by atoms with van der Waals surface area (Å²) < 4.78 is 5.17. The molecule has 41 heavy (non-hydrogen) atoms. The van der Waals surface area contributed by atoms with Crippen LogP contribution < -0.4 is 15.0 Å². The fraction of sp³-hybridized carbons (Fsp3) is 0.406. The van der Waals surface area contributed by atoms with E-state index >= 15 is 0 Å². The van der Waals surface area contributed by atoms with Crippen LogP contribution in [0.4, 0.5) is 17.1 Å². The second kappa shape index (κ2) is 14.0. The van der Waals surface area contributed by atoms with Crippen molar-refractivity contribution < 1.29 is 14.5 Å². The van der Waals surface area contributed by atoms with Crippen LogP contribution in [0.1, 0.15) is 26.7 Å². The van der Waals surface area contributed by atoms with Crippen LogP contribution in [0.15, 0.2) is 72.8 Å². The highest BCUT2D eigenvalue weighted by molar-refractivity contribution is 5.76. The normalized spacial score (nSPS) is 16.1. The molecule has 0 radical (unpaired) electrons. The number of hydrogen-bond donors (Lipinski definition) is 1. The topological polar surface area (TPSA) is 91.2 Å². The van der Waals surface area contributed by atoms with Gasteiger partial charge >= 0.3 is 5.69 Å².